The molecular formula is C23H15ClN6O2S2. The van der Waals surface area contributed by atoms with Crippen LogP contribution >= 0.6 is 34.7 Å². The van der Waals surface area contributed by atoms with Gasteiger partial charge >= 0.3 is 0 Å². The molecule has 1 saturated heterocycles. The minimum atomic E-state index is -0.458. The average molecular weight is 507 g/mol. The minimum Gasteiger partial charge on any atom is -0.444 e. The lowest BCUT2D eigenvalue weighted by atomic mass is 10.1. The zero-order valence-electron chi connectivity index (χ0n) is 17.5. The van der Waals surface area contributed by atoms with Gasteiger partial charge in [0.1, 0.15) is 23.2 Å². The summed E-state index contributed by atoms with van der Waals surface area (Å²) in [6.07, 6.45) is 2.77. The predicted octanol–water partition coefficient (Wildman–Crippen LogP) is 5.41. The largest absolute Gasteiger partial charge is 0.444 e. The third-order valence-electron chi connectivity index (χ3n) is 5.18. The molecule has 0 amide bonds. The molecule has 0 saturated carbocycles. The standard InChI is InChI=1S/C23H15ClN6O2S2/c1-26-20-19(18-7-27-12-34-18)17(6-25)23(29-21(20)30-8-16(31)9-30)33-11-15-10-32-22(28-15)13-2-4-14(24)5-3-13/h2-5,7,10,12,16,31H,8-9,11H2. The predicted molar refractivity (Wildman–Crippen MR) is 131 cm³/mol. The molecule has 0 spiro atoms. The molecule has 34 heavy (non-hydrogen) atoms. The summed E-state index contributed by atoms with van der Waals surface area (Å²) < 4.78 is 5.62. The van der Waals surface area contributed by atoms with Gasteiger partial charge in [-0.25, -0.2) is 14.8 Å². The quantitative estimate of drug-likeness (QED) is 0.273. The van der Waals surface area contributed by atoms with E-state index in [1.165, 1.54) is 23.1 Å². The summed E-state index contributed by atoms with van der Waals surface area (Å²) >= 11 is 8.66. The lowest BCUT2D eigenvalue weighted by Crippen LogP contribution is -2.51. The Morgan fingerprint density at radius 2 is 2.12 bits per heavy atom. The van der Waals surface area contributed by atoms with Crippen molar-refractivity contribution < 1.29 is 9.52 Å². The number of aromatic nitrogens is 3. The Labute approximate surface area is 208 Å². The fourth-order valence-corrected chi connectivity index (χ4v) is 5.18. The SMILES string of the molecule is [C-]#[N+]c1c(N2CC(O)C2)nc(SCc2coc(-c3ccc(Cl)cc3)n2)c(C#N)c1-c1cncs1. The van der Waals surface area contributed by atoms with E-state index in [1.807, 2.05) is 17.0 Å². The number of nitriles is 1. The van der Waals surface area contributed by atoms with Gasteiger partial charge in [-0.15, -0.1) is 11.3 Å². The summed E-state index contributed by atoms with van der Waals surface area (Å²) in [4.78, 5) is 19.6. The summed E-state index contributed by atoms with van der Waals surface area (Å²) in [5.41, 5.74) is 4.31. The highest BCUT2D eigenvalue weighted by atomic mass is 35.5. The summed E-state index contributed by atoms with van der Waals surface area (Å²) in [5, 5.41) is 20.9. The Balaban J connectivity index is 1.50. The topological polar surface area (TPSA) is 103 Å². The number of benzene rings is 1. The molecule has 1 N–H and O–H groups in total. The van der Waals surface area contributed by atoms with Gasteiger partial charge in [0.25, 0.3) is 0 Å². The molecule has 1 aromatic carbocycles. The van der Waals surface area contributed by atoms with Crippen LogP contribution in [-0.4, -0.2) is 39.3 Å². The van der Waals surface area contributed by atoms with Crippen molar-refractivity contribution in [1.29, 1.82) is 5.26 Å². The molecular weight excluding hydrogens is 492 g/mol. The van der Waals surface area contributed by atoms with E-state index in [2.05, 4.69) is 25.9 Å². The smallest absolute Gasteiger partial charge is 0.238 e. The molecule has 0 atom stereocenters. The van der Waals surface area contributed by atoms with Crippen LogP contribution in [0.2, 0.25) is 5.02 Å². The first-order chi connectivity index (χ1) is 16.6. The number of β-amino-alcohol motifs (C(OH)–C–C–N with tert-alkyl or cyclic N) is 1. The van der Waals surface area contributed by atoms with Crippen molar-refractivity contribution in [2.45, 2.75) is 16.9 Å². The van der Waals surface area contributed by atoms with Crippen LogP contribution in [0.15, 0.2) is 51.7 Å². The molecule has 0 radical (unpaired) electrons. The van der Waals surface area contributed by atoms with Crippen molar-refractivity contribution in [3.8, 4) is 28.0 Å². The van der Waals surface area contributed by atoms with Gasteiger partial charge in [0.05, 0.1) is 29.4 Å². The molecule has 4 aromatic rings. The normalized spacial score (nSPS) is 13.4. The molecule has 168 valence electrons. The number of halogens is 1. The van der Waals surface area contributed by atoms with E-state index in [0.717, 1.165) is 10.4 Å². The first kappa shape index (κ1) is 22.4. The molecule has 1 fully saturated rings. The third-order valence-corrected chi connectivity index (χ3v) is 7.24. The zero-order valence-corrected chi connectivity index (χ0v) is 19.9. The Kier molecular flexibility index (Phi) is 6.22. The van der Waals surface area contributed by atoms with E-state index in [0.29, 0.717) is 63.1 Å². The highest BCUT2D eigenvalue weighted by molar-refractivity contribution is 7.98. The number of hydrogen-bond acceptors (Lipinski definition) is 9. The van der Waals surface area contributed by atoms with E-state index < -0.39 is 6.10 Å². The van der Waals surface area contributed by atoms with Crippen LogP contribution in [0.4, 0.5) is 11.5 Å². The number of aliphatic hydroxyl groups excluding tert-OH is 1. The first-order valence-corrected chi connectivity index (χ1v) is 12.3. The second-order valence-electron chi connectivity index (χ2n) is 7.43. The maximum Gasteiger partial charge on any atom is 0.238 e. The molecule has 1 aliphatic heterocycles. The molecule has 0 unspecified atom stereocenters. The summed E-state index contributed by atoms with van der Waals surface area (Å²) in [6.45, 7) is 8.56. The molecule has 1 aliphatic rings. The van der Waals surface area contributed by atoms with E-state index >= 15 is 0 Å². The van der Waals surface area contributed by atoms with Crippen LogP contribution in [-0.2, 0) is 5.75 Å². The van der Waals surface area contributed by atoms with E-state index in [1.54, 1.807) is 30.1 Å². The second-order valence-corrected chi connectivity index (χ2v) is 9.71. The number of thiazole rings is 1. The van der Waals surface area contributed by atoms with E-state index in [4.69, 9.17) is 22.6 Å². The van der Waals surface area contributed by atoms with Crippen LogP contribution in [0, 0.1) is 17.9 Å². The van der Waals surface area contributed by atoms with Gasteiger partial charge in [0.15, 0.2) is 0 Å². The van der Waals surface area contributed by atoms with Crippen LogP contribution in [0.5, 0.6) is 0 Å². The van der Waals surface area contributed by atoms with Gasteiger partial charge < -0.3 is 14.4 Å². The van der Waals surface area contributed by atoms with Gasteiger partial charge in [-0.3, -0.25) is 4.98 Å². The van der Waals surface area contributed by atoms with Crippen molar-refractivity contribution in [2.24, 2.45) is 0 Å². The number of aliphatic hydroxyl groups is 1. The van der Waals surface area contributed by atoms with Crippen LogP contribution < -0.4 is 4.90 Å². The van der Waals surface area contributed by atoms with Crippen molar-refractivity contribution in [3.05, 3.63) is 69.9 Å². The van der Waals surface area contributed by atoms with Crippen molar-refractivity contribution in [3.63, 3.8) is 0 Å². The Morgan fingerprint density at radius 1 is 1.32 bits per heavy atom. The van der Waals surface area contributed by atoms with Gasteiger partial charge in [-0.2, -0.15) is 5.26 Å². The van der Waals surface area contributed by atoms with E-state index in [9.17, 15) is 10.4 Å². The summed E-state index contributed by atoms with van der Waals surface area (Å²) in [6, 6.07) is 9.44. The van der Waals surface area contributed by atoms with Gasteiger partial charge in [0, 0.05) is 46.1 Å². The highest BCUT2D eigenvalue weighted by Gasteiger charge is 2.32. The number of hydrogen-bond donors (Lipinski definition) is 1. The summed E-state index contributed by atoms with van der Waals surface area (Å²) in [5.74, 6) is 1.36. The molecule has 4 heterocycles. The number of oxazole rings is 1. The Hall–Kier alpha value is -3.41. The average Bonchev–Trinajstić information content (AvgIpc) is 3.52. The maximum absolute atomic E-state index is 10.0. The molecule has 8 nitrogen and oxygen atoms in total. The molecule has 11 heteroatoms. The monoisotopic (exact) mass is 506 g/mol. The fourth-order valence-electron chi connectivity index (χ4n) is 3.52. The molecule has 0 bridgehead atoms. The fraction of sp³-hybridized carbons (Fsp3) is 0.174. The number of rotatable bonds is 6. The number of thioether (sulfide) groups is 1. The van der Waals surface area contributed by atoms with Crippen molar-refractivity contribution >= 4 is 46.2 Å². The van der Waals surface area contributed by atoms with Crippen LogP contribution in [0.1, 0.15) is 11.3 Å². The first-order valence-electron chi connectivity index (χ1n) is 10.1. The van der Waals surface area contributed by atoms with Gasteiger partial charge in [0.2, 0.25) is 11.6 Å². The highest BCUT2D eigenvalue weighted by Crippen LogP contribution is 2.45. The number of pyridine rings is 1. The Morgan fingerprint density at radius 3 is 2.76 bits per heavy atom. The maximum atomic E-state index is 10.0. The third kappa shape index (κ3) is 4.25. The molecule has 0 aliphatic carbocycles. The molecule has 3 aromatic heterocycles. The second kappa shape index (κ2) is 9.45. The van der Waals surface area contributed by atoms with E-state index in [-0.39, 0.29) is 0 Å². The Bertz CT molecular complexity index is 1420. The molecule has 5 rings (SSSR count). The number of anilines is 1. The van der Waals surface area contributed by atoms with Gasteiger partial charge in [-0.05, 0) is 24.3 Å². The zero-order chi connectivity index (χ0) is 23.7. The van der Waals surface area contributed by atoms with Crippen LogP contribution in [0.25, 0.3) is 26.7 Å². The van der Waals surface area contributed by atoms with Crippen molar-refractivity contribution in [1.82, 2.24) is 15.0 Å². The number of nitrogens with zero attached hydrogens (tertiary/aromatic N) is 6. The van der Waals surface area contributed by atoms with Crippen LogP contribution in [0.3, 0.4) is 0 Å². The van der Waals surface area contributed by atoms with Gasteiger partial charge in [-0.1, -0.05) is 23.4 Å². The van der Waals surface area contributed by atoms with Crippen molar-refractivity contribution in [2.75, 3.05) is 18.0 Å². The summed E-state index contributed by atoms with van der Waals surface area (Å²) in [7, 11) is 0. The lowest BCUT2D eigenvalue weighted by Gasteiger charge is -2.38. The minimum absolute atomic E-state index is 0.295. The lowest BCUT2D eigenvalue weighted by molar-refractivity contribution is 0.141.